The van der Waals surface area contributed by atoms with Crippen molar-refractivity contribution in [3.05, 3.63) is 23.0 Å². The molecular weight excluding hydrogens is 152 g/mol. The van der Waals surface area contributed by atoms with Crippen LogP contribution in [0.3, 0.4) is 0 Å². The topological polar surface area (TPSA) is 45.2 Å². The Bertz CT molecular complexity index is 239. The van der Waals surface area contributed by atoms with E-state index in [0.29, 0.717) is 10.8 Å². The number of nitrogens with one attached hydrogen (secondary N) is 1. The highest BCUT2D eigenvalue weighted by atomic mass is 35.5. The molecule has 0 fully saturated rings. The molecule has 1 rings (SSSR count). The van der Waals surface area contributed by atoms with Crippen molar-refractivity contribution in [2.45, 2.75) is 6.92 Å². The third kappa shape index (κ3) is 1.37. The van der Waals surface area contributed by atoms with Crippen molar-refractivity contribution < 1.29 is 5.21 Å². The predicted molar refractivity (Wildman–Crippen MR) is 39.4 cm³/mol. The number of hydrogen-bond donors (Lipinski definition) is 2. The number of rotatable bonds is 1. The number of nitrogens with zero attached hydrogens (tertiary/aromatic N) is 1. The molecule has 2 N–H and O–H groups in total. The monoisotopic (exact) mass is 158 g/mol. The molecule has 0 aliphatic rings. The van der Waals surface area contributed by atoms with E-state index in [2.05, 4.69) is 4.98 Å². The van der Waals surface area contributed by atoms with E-state index in [0.717, 1.165) is 5.56 Å². The third-order valence-corrected chi connectivity index (χ3v) is 1.40. The van der Waals surface area contributed by atoms with Crippen LogP contribution in [0.25, 0.3) is 0 Å². The second kappa shape index (κ2) is 2.86. The Morgan fingerprint density at radius 1 is 1.70 bits per heavy atom. The summed E-state index contributed by atoms with van der Waals surface area (Å²) in [7, 11) is 0. The van der Waals surface area contributed by atoms with Gasteiger partial charge in [0.2, 0.25) is 0 Å². The second-order valence-corrected chi connectivity index (χ2v) is 2.32. The zero-order valence-electron chi connectivity index (χ0n) is 5.43. The fraction of sp³-hybridized carbons (Fsp3) is 0.167. The molecule has 0 radical (unpaired) electrons. The fourth-order valence-electron chi connectivity index (χ4n) is 0.639. The van der Waals surface area contributed by atoms with Gasteiger partial charge in [-0.1, -0.05) is 11.6 Å². The van der Waals surface area contributed by atoms with Crippen LogP contribution in [0.1, 0.15) is 5.56 Å². The number of anilines is 1. The summed E-state index contributed by atoms with van der Waals surface area (Å²) >= 11 is 5.55. The first-order chi connectivity index (χ1) is 4.74. The van der Waals surface area contributed by atoms with Gasteiger partial charge in [0.25, 0.3) is 0 Å². The van der Waals surface area contributed by atoms with Crippen molar-refractivity contribution in [3.8, 4) is 0 Å². The van der Waals surface area contributed by atoms with Crippen molar-refractivity contribution in [1.82, 2.24) is 4.98 Å². The number of aromatic nitrogens is 1. The van der Waals surface area contributed by atoms with Gasteiger partial charge in [-0.2, -0.15) is 0 Å². The molecule has 0 atom stereocenters. The van der Waals surface area contributed by atoms with Crippen LogP contribution in [0.15, 0.2) is 12.3 Å². The molecule has 0 aliphatic heterocycles. The minimum atomic E-state index is 0.427. The van der Waals surface area contributed by atoms with Gasteiger partial charge in [-0.25, -0.2) is 4.98 Å². The number of pyridine rings is 1. The molecule has 0 saturated heterocycles. The summed E-state index contributed by atoms with van der Waals surface area (Å²) < 4.78 is 0. The zero-order valence-corrected chi connectivity index (χ0v) is 6.18. The Morgan fingerprint density at radius 3 is 2.90 bits per heavy atom. The minimum Gasteiger partial charge on any atom is -0.291 e. The molecule has 0 aromatic carbocycles. The standard InChI is InChI=1S/C6H7ClN2O/c1-4-2-6(7)8-3-5(4)9-10/h2-3,9-10H,1H3. The largest absolute Gasteiger partial charge is 0.291 e. The first kappa shape index (κ1) is 7.31. The van der Waals surface area contributed by atoms with E-state index in [4.69, 9.17) is 16.8 Å². The number of halogens is 1. The Morgan fingerprint density at radius 2 is 2.40 bits per heavy atom. The van der Waals surface area contributed by atoms with Gasteiger partial charge in [0.1, 0.15) is 5.15 Å². The van der Waals surface area contributed by atoms with Gasteiger partial charge in [0.15, 0.2) is 0 Å². The fourth-order valence-corrected chi connectivity index (χ4v) is 0.851. The van der Waals surface area contributed by atoms with Crippen LogP contribution in [-0.4, -0.2) is 10.2 Å². The van der Waals surface area contributed by atoms with Crippen LogP contribution in [0.2, 0.25) is 5.15 Å². The molecular formula is C6H7ClN2O. The maximum Gasteiger partial charge on any atom is 0.129 e. The van der Waals surface area contributed by atoms with E-state index in [1.807, 2.05) is 12.4 Å². The molecule has 3 nitrogen and oxygen atoms in total. The van der Waals surface area contributed by atoms with Gasteiger partial charge >= 0.3 is 0 Å². The van der Waals surface area contributed by atoms with Gasteiger partial charge in [-0.15, -0.1) is 0 Å². The summed E-state index contributed by atoms with van der Waals surface area (Å²) in [5.74, 6) is 0. The average Bonchev–Trinajstić information content (AvgIpc) is 1.88. The van der Waals surface area contributed by atoms with Gasteiger partial charge in [0.05, 0.1) is 11.9 Å². The molecule has 0 unspecified atom stereocenters. The number of aryl methyl sites for hydroxylation is 1. The van der Waals surface area contributed by atoms with E-state index in [1.165, 1.54) is 6.20 Å². The summed E-state index contributed by atoms with van der Waals surface area (Å²) in [4.78, 5) is 3.75. The zero-order chi connectivity index (χ0) is 7.56. The smallest absolute Gasteiger partial charge is 0.129 e. The molecule has 0 bridgehead atoms. The van der Waals surface area contributed by atoms with E-state index in [9.17, 15) is 0 Å². The van der Waals surface area contributed by atoms with E-state index < -0.39 is 0 Å². The predicted octanol–water partition coefficient (Wildman–Crippen LogP) is 1.84. The summed E-state index contributed by atoms with van der Waals surface area (Å²) in [5.41, 5.74) is 3.44. The summed E-state index contributed by atoms with van der Waals surface area (Å²) in [6, 6.07) is 1.67. The lowest BCUT2D eigenvalue weighted by atomic mass is 10.3. The Balaban J connectivity index is 3.07. The quantitative estimate of drug-likeness (QED) is 0.484. The highest BCUT2D eigenvalue weighted by Crippen LogP contribution is 2.15. The Hall–Kier alpha value is -0.800. The Labute approximate surface area is 63.6 Å². The molecule has 0 spiro atoms. The van der Waals surface area contributed by atoms with E-state index >= 15 is 0 Å². The van der Waals surface area contributed by atoms with Crippen LogP contribution in [0.4, 0.5) is 5.69 Å². The highest BCUT2D eigenvalue weighted by Gasteiger charge is 1.96. The molecule has 1 heterocycles. The molecule has 10 heavy (non-hydrogen) atoms. The van der Waals surface area contributed by atoms with Crippen molar-refractivity contribution in [2.75, 3.05) is 5.48 Å². The van der Waals surface area contributed by atoms with Gasteiger partial charge in [0, 0.05) is 0 Å². The van der Waals surface area contributed by atoms with E-state index in [-0.39, 0.29) is 0 Å². The maximum atomic E-state index is 8.48. The molecule has 4 heteroatoms. The first-order valence-electron chi connectivity index (χ1n) is 2.76. The normalized spacial score (nSPS) is 9.50. The molecule has 0 aliphatic carbocycles. The first-order valence-corrected chi connectivity index (χ1v) is 3.14. The lowest BCUT2D eigenvalue weighted by molar-refractivity contribution is 0.388. The third-order valence-electron chi connectivity index (χ3n) is 1.20. The van der Waals surface area contributed by atoms with Crippen molar-refractivity contribution in [3.63, 3.8) is 0 Å². The van der Waals surface area contributed by atoms with Crippen LogP contribution in [0.5, 0.6) is 0 Å². The average molecular weight is 159 g/mol. The number of hydrogen-bond acceptors (Lipinski definition) is 3. The minimum absolute atomic E-state index is 0.427. The molecule has 1 aromatic rings. The summed E-state index contributed by atoms with van der Waals surface area (Å²) in [5, 5.41) is 8.90. The maximum absolute atomic E-state index is 8.48. The highest BCUT2D eigenvalue weighted by molar-refractivity contribution is 6.29. The van der Waals surface area contributed by atoms with Gasteiger partial charge in [-0.05, 0) is 18.6 Å². The lowest BCUT2D eigenvalue weighted by Crippen LogP contribution is -1.93. The van der Waals surface area contributed by atoms with E-state index in [1.54, 1.807) is 6.07 Å². The van der Waals surface area contributed by atoms with Crippen molar-refractivity contribution in [1.29, 1.82) is 0 Å². The van der Waals surface area contributed by atoms with Crippen molar-refractivity contribution >= 4 is 17.3 Å². The van der Waals surface area contributed by atoms with Gasteiger partial charge in [-0.3, -0.25) is 10.7 Å². The van der Waals surface area contributed by atoms with Crippen LogP contribution in [-0.2, 0) is 0 Å². The Kier molecular flexibility index (Phi) is 2.09. The van der Waals surface area contributed by atoms with Crippen molar-refractivity contribution in [2.24, 2.45) is 0 Å². The van der Waals surface area contributed by atoms with Crippen LogP contribution >= 0.6 is 11.6 Å². The SMILES string of the molecule is Cc1cc(Cl)ncc1NO. The van der Waals surface area contributed by atoms with Crippen LogP contribution < -0.4 is 5.48 Å². The molecule has 54 valence electrons. The molecule has 0 amide bonds. The van der Waals surface area contributed by atoms with Gasteiger partial charge < -0.3 is 0 Å². The summed E-state index contributed by atoms with van der Waals surface area (Å²) in [6.07, 6.45) is 1.47. The lowest BCUT2D eigenvalue weighted by Gasteiger charge is -2.01. The summed E-state index contributed by atoms with van der Waals surface area (Å²) in [6.45, 7) is 1.83. The second-order valence-electron chi connectivity index (χ2n) is 1.93. The van der Waals surface area contributed by atoms with Crippen LogP contribution in [0, 0.1) is 6.92 Å². The molecule has 1 aromatic heterocycles. The molecule has 0 saturated carbocycles.